The minimum absolute atomic E-state index is 0.00198. The maximum Gasteiger partial charge on any atom is 0.358 e. The molecule has 0 aliphatic heterocycles. The number of esters is 2. The first-order valence-electron chi connectivity index (χ1n) is 35.4. The Morgan fingerprint density at radius 1 is 0.383 bits per heavy atom. The van der Waals surface area contributed by atoms with Gasteiger partial charge < -0.3 is 14.2 Å². The molecule has 7 aromatic carbocycles. The van der Waals surface area contributed by atoms with Gasteiger partial charge in [0.1, 0.15) is 17.1 Å². The summed E-state index contributed by atoms with van der Waals surface area (Å²) in [4.78, 5) is 55.7. The second kappa shape index (κ2) is 36.8. The molecule has 7 heterocycles. The summed E-state index contributed by atoms with van der Waals surface area (Å²) in [6.45, 7) is 4.82. The molecule has 0 unspecified atom stereocenters. The number of nitrogens with zero attached hydrogens (tertiary/aromatic N) is 12. The number of nitrogens with two attached hydrogens (primary N) is 5. The lowest BCUT2D eigenvalue weighted by molar-refractivity contribution is 0.0584. The Kier molecular flexibility index (Phi) is 26.7. The topological polar surface area (TPSA) is 512 Å². The number of fused-ring (bicyclic) bond motifs is 1. The van der Waals surface area contributed by atoms with Crippen LogP contribution in [0.5, 0.6) is 5.75 Å². The average molecular weight is 1720 g/mol. The van der Waals surface area contributed by atoms with Crippen LogP contribution in [0.4, 0.5) is 0 Å². The van der Waals surface area contributed by atoms with Gasteiger partial charge in [0.15, 0.2) is 23.0 Å². The van der Waals surface area contributed by atoms with E-state index in [-0.39, 0.29) is 47.4 Å². The van der Waals surface area contributed by atoms with Crippen LogP contribution in [0.3, 0.4) is 0 Å². The molecule has 0 fully saturated rings. The van der Waals surface area contributed by atoms with Crippen LogP contribution in [0.2, 0.25) is 0 Å². The Morgan fingerprint density at radius 2 is 0.767 bits per heavy atom. The van der Waals surface area contributed by atoms with E-state index in [2.05, 4.69) is 35.5 Å². The smallest absolute Gasteiger partial charge is 0.358 e. The van der Waals surface area contributed by atoms with Crippen LogP contribution in [-0.4, -0.2) is 146 Å². The minimum Gasteiger partial charge on any atom is -0.497 e. The summed E-state index contributed by atoms with van der Waals surface area (Å²) < 4.78 is 136. The van der Waals surface area contributed by atoms with Crippen LogP contribution >= 0.6 is 0 Å². The fraction of sp³-hybridized carbons (Fsp3) is 0.0988. The molecular weight excluding hydrogens is 1640 g/mol. The summed E-state index contributed by atoms with van der Waals surface area (Å²) in [7, 11) is -14.6. The molecule has 14 aromatic rings. The highest BCUT2D eigenvalue weighted by molar-refractivity contribution is 7.90. The van der Waals surface area contributed by atoms with Gasteiger partial charge in [-0.05, 0) is 220 Å². The van der Waals surface area contributed by atoms with E-state index in [1.165, 1.54) is 93.4 Å². The number of allylic oxidation sites excluding steroid dienone is 1. The highest BCUT2D eigenvalue weighted by Crippen LogP contribution is 2.32. The highest BCUT2D eigenvalue weighted by Gasteiger charge is 2.25. The van der Waals surface area contributed by atoms with Crippen LogP contribution in [-0.2, 0) is 66.0 Å². The number of ether oxygens (including phenoxy) is 3. The van der Waals surface area contributed by atoms with Crippen molar-refractivity contribution in [2.45, 2.75) is 58.1 Å². The van der Waals surface area contributed by atoms with E-state index < -0.39 is 62.1 Å². The Balaban J connectivity index is 0.000000147. The van der Waals surface area contributed by atoms with Crippen molar-refractivity contribution in [3.8, 4) is 79.3 Å². The molecule has 0 amide bonds. The number of rotatable bonds is 19. The van der Waals surface area contributed by atoms with Gasteiger partial charge >= 0.3 is 11.9 Å². The van der Waals surface area contributed by atoms with Gasteiger partial charge in [-0.1, -0.05) is 42.5 Å². The number of hydrogen-bond donors (Lipinski definition) is 5. The first kappa shape index (κ1) is 87.1. The third-order valence-electron chi connectivity index (χ3n) is 17.7. The van der Waals surface area contributed by atoms with Gasteiger partial charge in [0, 0.05) is 54.7 Å². The number of carbonyl (C=O) groups is 4. The molecule has 1 aliphatic carbocycles. The Labute approximate surface area is 689 Å². The second-order valence-corrected chi connectivity index (χ2v) is 33.8. The molecule has 15 rings (SSSR count). The van der Waals surface area contributed by atoms with E-state index in [1.807, 2.05) is 85.8 Å². The number of primary sulfonamides is 5. The molecule has 7 aromatic heterocycles. The fourth-order valence-corrected chi connectivity index (χ4v) is 14.5. The number of pyridine rings is 2. The summed E-state index contributed by atoms with van der Waals surface area (Å²) in [6.07, 6.45) is 10.7. The van der Waals surface area contributed by atoms with E-state index in [9.17, 15) is 61.3 Å². The lowest BCUT2D eigenvalue weighted by atomic mass is 10.00. The first-order valence-corrected chi connectivity index (χ1v) is 43.2. The largest absolute Gasteiger partial charge is 0.497 e. The van der Waals surface area contributed by atoms with Crippen molar-refractivity contribution in [3.63, 3.8) is 0 Å². The van der Waals surface area contributed by atoms with E-state index >= 15 is 0 Å². The van der Waals surface area contributed by atoms with Gasteiger partial charge in [-0.15, -0.1) is 0 Å². The molecule has 39 heteroatoms. The Hall–Kier alpha value is -13.7. The van der Waals surface area contributed by atoms with E-state index in [4.69, 9.17) is 39.9 Å². The maximum atomic E-state index is 11.9. The quantitative estimate of drug-likeness (QED) is 0.0371. The number of Topliss-reactive ketones (excluding diaryl/α,β-unsaturated/α-hetero) is 2. The van der Waals surface area contributed by atoms with Crippen molar-refractivity contribution >= 4 is 79.7 Å². The van der Waals surface area contributed by atoms with Gasteiger partial charge in [0.2, 0.25) is 50.1 Å². The number of carbonyl (C=O) groups excluding carboxylic acids is 4. The number of benzene rings is 7. The molecule has 0 spiro atoms. The van der Waals surface area contributed by atoms with Gasteiger partial charge in [0.05, 0.1) is 114 Å². The number of ketones is 2. The summed E-state index contributed by atoms with van der Waals surface area (Å²) in [5.41, 5.74) is 12.9. The molecule has 0 saturated heterocycles. The Morgan fingerprint density at radius 3 is 1.15 bits per heavy atom. The molecule has 120 heavy (non-hydrogen) atoms. The maximum absolute atomic E-state index is 11.9. The third-order valence-corrected chi connectivity index (χ3v) is 22.3. The predicted molar refractivity (Wildman–Crippen MR) is 443 cm³/mol. The lowest BCUT2D eigenvalue weighted by Crippen LogP contribution is -2.12. The molecule has 616 valence electrons. The van der Waals surface area contributed by atoms with Crippen molar-refractivity contribution in [1.29, 1.82) is 0 Å². The predicted octanol–water partition coefficient (Wildman–Crippen LogP) is 9.31. The zero-order valence-electron chi connectivity index (χ0n) is 64.5. The molecule has 34 nitrogen and oxygen atoms in total. The SMILES string of the molecule is CC(=O)c1cc(-c2ccccn2)n(-c2ccc(S(N)(=O)=O)cc2)n1.CC(=O)c1nn(-c2ccc(S(N)(=O)=O)cc2)c2c1CCC=C2.COC(=O)c1cc(-c2ccc(OC)cc2)n(-c2ccc(S(N)(=O)=O)cc2)n1.COC(=O)c1cc(-c2ccccc2)n(-c2ccc(S(N)(=O)=O)cc2)n1.Cc1cc(-c2cccnc2)n(-c2ccc(S(N)(=O)=O)cc2)n1. The normalized spacial score (nSPS) is 11.8. The molecule has 0 radical (unpaired) electrons. The van der Waals surface area contributed by atoms with Crippen LogP contribution < -0.4 is 30.4 Å². The molecule has 0 saturated carbocycles. The van der Waals surface area contributed by atoms with Crippen LogP contribution in [0.1, 0.15) is 79.2 Å². The van der Waals surface area contributed by atoms with Crippen LogP contribution in [0.25, 0.3) is 79.7 Å². The van der Waals surface area contributed by atoms with Gasteiger partial charge in [-0.25, -0.2) is 101 Å². The standard InChI is InChI=1S/C18H17N3O5S.C17H15N3O4S.C16H14N4O3S.C15H14N4O2S.C15H15N3O3S/c1-25-14-7-3-12(4-8-14)17-11-16(18(22)26-2)20-21(17)13-5-9-15(10-6-13)27(19,23)24;1-24-17(21)15-11-16(12-5-3-2-4-6-12)20(19-15)13-7-9-14(10-8-13)25(18,22)23;1-11(21)15-10-16(14-4-2-3-9-18-14)20(19-15)12-5-7-13(8-6-12)24(17,22)23;1-11-9-15(12-3-2-8-17-10-12)19(18-11)13-4-6-14(7-5-13)22(16,20)21;1-10(19)15-13-4-2-3-5-14(13)18(17-15)11-6-8-12(9-7-11)22(16,20)21/h3-11H,1-2H3,(H2,19,23,24);2-11H,1H3,(H2,18,22,23);2-10H,1H3,(H2,17,22,23);2-10H,1H3,(H2,16,20,21);3,5-9H,2,4H2,1H3,(H2,16,20,21). The summed E-state index contributed by atoms with van der Waals surface area (Å²) in [6, 6.07) is 62.7. The molecule has 0 atom stereocenters. The molecular formula is C81H75N17O17S5. The zero-order valence-corrected chi connectivity index (χ0v) is 68.6. The second-order valence-electron chi connectivity index (χ2n) is 26.0. The monoisotopic (exact) mass is 1720 g/mol. The van der Waals surface area contributed by atoms with Gasteiger partial charge in [-0.2, -0.15) is 25.5 Å². The number of methoxy groups -OCH3 is 3. The summed E-state index contributed by atoms with van der Waals surface area (Å²) in [5, 5.41) is 47.3. The zero-order chi connectivity index (χ0) is 86.6. The lowest BCUT2D eigenvalue weighted by Gasteiger charge is -2.09. The minimum atomic E-state index is -3.80. The van der Waals surface area contributed by atoms with E-state index in [0.717, 1.165) is 57.9 Å². The summed E-state index contributed by atoms with van der Waals surface area (Å²) in [5.74, 6) is -0.698. The molecule has 0 bridgehead atoms. The van der Waals surface area contributed by atoms with Crippen molar-refractivity contribution in [1.82, 2.24) is 58.9 Å². The van der Waals surface area contributed by atoms with Crippen molar-refractivity contribution in [3.05, 3.63) is 295 Å². The van der Waals surface area contributed by atoms with Gasteiger partial charge in [0.25, 0.3) is 0 Å². The fourth-order valence-electron chi connectivity index (χ4n) is 11.9. The van der Waals surface area contributed by atoms with Crippen molar-refractivity contribution in [2.24, 2.45) is 25.7 Å². The third kappa shape index (κ3) is 21.2. The molecule has 10 N–H and O–H groups in total. The first-order chi connectivity index (χ1) is 56.9. The van der Waals surface area contributed by atoms with Crippen LogP contribution in [0.15, 0.2) is 280 Å². The number of hydrogen-bond acceptors (Lipinski definition) is 24. The number of sulfonamides is 5. The Bertz CT molecular complexity index is 6750. The van der Waals surface area contributed by atoms with Crippen molar-refractivity contribution in [2.75, 3.05) is 21.3 Å². The van der Waals surface area contributed by atoms with Crippen LogP contribution in [0, 0.1) is 6.92 Å². The highest BCUT2D eigenvalue weighted by atomic mass is 32.2. The number of aromatic nitrogens is 12. The van der Waals surface area contributed by atoms with E-state index in [1.54, 1.807) is 148 Å². The van der Waals surface area contributed by atoms with Crippen molar-refractivity contribution < 1.29 is 75.5 Å². The average Bonchev–Trinajstić information content (AvgIpc) is 1.64. The van der Waals surface area contributed by atoms with E-state index in [0.29, 0.717) is 62.7 Å². The van der Waals surface area contributed by atoms with Gasteiger partial charge in [-0.3, -0.25) is 19.6 Å². The number of aryl methyl sites for hydroxylation is 1. The molecule has 1 aliphatic rings. The summed E-state index contributed by atoms with van der Waals surface area (Å²) >= 11 is 0.